The highest BCUT2D eigenvalue weighted by molar-refractivity contribution is 5.82. The molecule has 0 aromatic rings. The summed E-state index contributed by atoms with van der Waals surface area (Å²) in [5.41, 5.74) is -0.589. The van der Waals surface area contributed by atoms with E-state index in [1.54, 1.807) is 27.2 Å². The lowest BCUT2D eigenvalue weighted by atomic mass is 9.94. The summed E-state index contributed by atoms with van der Waals surface area (Å²) in [6.07, 6.45) is 9.32. The number of allylic oxidation sites excluding steroid dienone is 1. The molecule has 0 fully saturated rings. The smallest absolute Gasteiger partial charge is 0.330 e. The van der Waals surface area contributed by atoms with E-state index in [2.05, 4.69) is 0 Å². The van der Waals surface area contributed by atoms with Gasteiger partial charge in [0.25, 0.3) is 0 Å². The average molecular weight is 238 g/mol. The lowest BCUT2D eigenvalue weighted by Gasteiger charge is -2.27. The molecule has 1 unspecified atom stereocenters. The number of ether oxygens (including phenoxy) is 3. The van der Waals surface area contributed by atoms with Crippen LogP contribution in [-0.4, -0.2) is 32.4 Å². The summed E-state index contributed by atoms with van der Waals surface area (Å²) >= 11 is 0. The van der Waals surface area contributed by atoms with Crippen LogP contribution in [0.1, 0.15) is 13.3 Å². The third-order valence-electron chi connectivity index (χ3n) is 2.56. The molecule has 0 heterocycles. The van der Waals surface area contributed by atoms with Crippen LogP contribution in [0.2, 0.25) is 0 Å². The predicted octanol–water partition coefficient (Wildman–Crippen LogP) is 1.98. The molecule has 0 amide bonds. The lowest BCUT2D eigenvalue weighted by Crippen LogP contribution is -2.27. The van der Waals surface area contributed by atoms with E-state index in [1.165, 1.54) is 6.08 Å². The van der Waals surface area contributed by atoms with Crippen LogP contribution in [-0.2, 0) is 19.0 Å². The van der Waals surface area contributed by atoms with Crippen LogP contribution in [0.25, 0.3) is 0 Å². The zero-order valence-electron chi connectivity index (χ0n) is 10.4. The van der Waals surface area contributed by atoms with Crippen LogP contribution in [0.5, 0.6) is 0 Å². The van der Waals surface area contributed by atoms with Crippen molar-refractivity contribution in [2.45, 2.75) is 18.9 Å². The Balaban J connectivity index is 2.70. The van der Waals surface area contributed by atoms with Gasteiger partial charge in [0, 0.05) is 19.6 Å². The number of carbonyl (C=O) groups is 1. The van der Waals surface area contributed by atoms with Crippen molar-refractivity contribution in [1.29, 1.82) is 0 Å². The van der Waals surface area contributed by atoms with Gasteiger partial charge in [-0.2, -0.15) is 0 Å². The maximum absolute atomic E-state index is 11.2. The van der Waals surface area contributed by atoms with Crippen LogP contribution in [0.15, 0.2) is 36.1 Å². The molecular weight excluding hydrogens is 220 g/mol. The zero-order chi connectivity index (χ0) is 12.7. The molecule has 1 rings (SSSR count). The van der Waals surface area contributed by atoms with Gasteiger partial charge in [0.15, 0.2) is 0 Å². The Kier molecular flexibility index (Phi) is 4.97. The maximum atomic E-state index is 11.2. The lowest BCUT2D eigenvalue weighted by molar-refractivity contribution is -0.137. The standard InChI is InChI=1S/C13H18O4/c1-4-17-12(14)7-10-13(16-3)8-5-11(15-2)6-9-13/h5-8,10H,4,9H2,1-3H3. The summed E-state index contributed by atoms with van der Waals surface area (Å²) in [4.78, 5) is 11.2. The van der Waals surface area contributed by atoms with Gasteiger partial charge in [-0.25, -0.2) is 4.79 Å². The van der Waals surface area contributed by atoms with Gasteiger partial charge in [0.1, 0.15) is 11.4 Å². The SMILES string of the molecule is CCOC(=O)C=CC1(OC)C=CC(OC)=CC1. The van der Waals surface area contributed by atoms with Gasteiger partial charge in [-0.05, 0) is 31.2 Å². The minimum Gasteiger partial charge on any atom is -0.497 e. The summed E-state index contributed by atoms with van der Waals surface area (Å²) in [5, 5.41) is 0. The molecule has 0 bridgehead atoms. The number of esters is 1. The van der Waals surface area contributed by atoms with Gasteiger partial charge in [0.05, 0.1) is 13.7 Å². The Morgan fingerprint density at radius 2 is 2.29 bits per heavy atom. The Hall–Kier alpha value is -1.55. The molecule has 0 aromatic heterocycles. The number of hydrogen-bond donors (Lipinski definition) is 0. The third kappa shape index (κ3) is 3.75. The molecule has 4 heteroatoms. The third-order valence-corrected chi connectivity index (χ3v) is 2.56. The largest absolute Gasteiger partial charge is 0.497 e. The zero-order valence-corrected chi connectivity index (χ0v) is 10.4. The number of rotatable bonds is 5. The first kappa shape index (κ1) is 13.5. The minimum atomic E-state index is -0.589. The summed E-state index contributed by atoms with van der Waals surface area (Å²) in [7, 11) is 3.22. The second-order valence-electron chi connectivity index (χ2n) is 3.59. The molecular formula is C13H18O4. The minimum absolute atomic E-state index is 0.362. The maximum Gasteiger partial charge on any atom is 0.330 e. The van der Waals surface area contributed by atoms with E-state index in [0.29, 0.717) is 13.0 Å². The first-order valence-electron chi connectivity index (χ1n) is 5.50. The van der Waals surface area contributed by atoms with Crippen molar-refractivity contribution in [2.24, 2.45) is 0 Å². The summed E-state index contributed by atoms with van der Waals surface area (Å²) < 4.78 is 15.3. The highest BCUT2D eigenvalue weighted by atomic mass is 16.5. The van der Waals surface area contributed by atoms with Crippen molar-refractivity contribution < 1.29 is 19.0 Å². The normalized spacial score (nSPS) is 23.6. The van der Waals surface area contributed by atoms with E-state index in [1.807, 2.05) is 18.2 Å². The van der Waals surface area contributed by atoms with Gasteiger partial charge < -0.3 is 14.2 Å². The first-order chi connectivity index (χ1) is 8.15. The fraction of sp³-hybridized carbons (Fsp3) is 0.462. The molecule has 1 aliphatic rings. The molecule has 0 saturated heterocycles. The molecule has 1 atom stereocenters. The molecule has 0 radical (unpaired) electrons. The van der Waals surface area contributed by atoms with Crippen LogP contribution >= 0.6 is 0 Å². The predicted molar refractivity (Wildman–Crippen MR) is 64.4 cm³/mol. The van der Waals surface area contributed by atoms with Crippen LogP contribution in [0, 0.1) is 0 Å². The fourth-order valence-electron chi connectivity index (χ4n) is 1.51. The van der Waals surface area contributed by atoms with Crippen molar-refractivity contribution >= 4 is 5.97 Å². The van der Waals surface area contributed by atoms with Crippen molar-refractivity contribution in [3.8, 4) is 0 Å². The number of methoxy groups -OCH3 is 2. The Labute approximate surface area is 102 Å². The van der Waals surface area contributed by atoms with E-state index < -0.39 is 5.60 Å². The number of carbonyl (C=O) groups excluding carboxylic acids is 1. The van der Waals surface area contributed by atoms with Crippen LogP contribution in [0.4, 0.5) is 0 Å². The quantitative estimate of drug-likeness (QED) is 0.542. The topological polar surface area (TPSA) is 44.8 Å². The van der Waals surface area contributed by atoms with E-state index in [0.717, 1.165) is 5.76 Å². The second-order valence-corrected chi connectivity index (χ2v) is 3.59. The monoisotopic (exact) mass is 238 g/mol. The average Bonchev–Trinajstić information content (AvgIpc) is 2.37. The Morgan fingerprint density at radius 3 is 2.76 bits per heavy atom. The first-order valence-corrected chi connectivity index (χ1v) is 5.50. The molecule has 4 nitrogen and oxygen atoms in total. The van der Waals surface area contributed by atoms with Gasteiger partial charge >= 0.3 is 5.97 Å². The van der Waals surface area contributed by atoms with Gasteiger partial charge in [0.2, 0.25) is 0 Å². The van der Waals surface area contributed by atoms with E-state index in [-0.39, 0.29) is 5.97 Å². The Morgan fingerprint density at radius 1 is 1.53 bits per heavy atom. The molecule has 0 N–H and O–H groups in total. The molecule has 0 spiro atoms. The van der Waals surface area contributed by atoms with E-state index >= 15 is 0 Å². The highest BCUT2D eigenvalue weighted by Crippen LogP contribution is 2.26. The summed E-state index contributed by atoms with van der Waals surface area (Å²) in [6, 6.07) is 0. The molecule has 1 aliphatic carbocycles. The molecule has 17 heavy (non-hydrogen) atoms. The van der Waals surface area contributed by atoms with Crippen molar-refractivity contribution in [1.82, 2.24) is 0 Å². The second kappa shape index (κ2) is 6.25. The van der Waals surface area contributed by atoms with Gasteiger partial charge in [-0.1, -0.05) is 0 Å². The van der Waals surface area contributed by atoms with Crippen LogP contribution in [0.3, 0.4) is 0 Å². The number of hydrogen-bond acceptors (Lipinski definition) is 4. The molecule has 94 valence electrons. The van der Waals surface area contributed by atoms with Crippen molar-refractivity contribution in [3.63, 3.8) is 0 Å². The molecule has 0 saturated carbocycles. The molecule has 0 aromatic carbocycles. The van der Waals surface area contributed by atoms with E-state index in [9.17, 15) is 4.79 Å². The van der Waals surface area contributed by atoms with Crippen molar-refractivity contribution in [2.75, 3.05) is 20.8 Å². The van der Waals surface area contributed by atoms with Gasteiger partial charge in [-0.3, -0.25) is 0 Å². The Bertz CT molecular complexity index is 354. The summed E-state index contributed by atoms with van der Waals surface area (Å²) in [6.45, 7) is 2.14. The van der Waals surface area contributed by atoms with Crippen LogP contribution < -0.4 is 0 Å². The van der Waals surface area contributed by atoms with Gasteiger partial charge in [-0.15, -0.1) is 0 Å². The van der Waals surface area contributed by atoms with E-state index in [4.69, 9.17) is 14.2 Å². The summed E-state index contributed by atoms with van der Waals surface area (Å²) in [5.74, 6) is 0.432. The fourth-order valence-corrected chi connectivity index (χ4v) is 1.51. The molecule has 0 aliphatic heterocycles. The highest BCUT2D eigenvalue weighted by Gasteiger charge is 2.25. The van der Waals surface area contributed by atoms with Crippen molar-refractivity contribution in [3.05, 3.63) is 36.1 Å².